The van der Waals surface area contributed by atoms with E-state index < -0.39 is 0 Å². The SMILES string of the molecule is COc1ccc(-c2nocc2C(=O)c2cc(OC(C)C3CCCCN3)cc(-c3ccc(O)cc3)c2)cc1. The van der Waals surface area contributed by atoms with Gasteiger partial charge in [0.05, 0.1) is 12.7 Å². The third kappa shape index (κ3) is 5.52. The minimum Gasteiger partial charge on any atom is -0.508 e. The highest BCUT2D eigenvalue weighted by Gasteiger charge is 2.24. The van der Waals surface area contributed by atoms with E-state index in [0.29, 0.717) is 28.3 Å². The molecule has 2 heterocycles. The Bertz CT molecular complexity index is 1360. The topological polar surface area (TPSA) is 93.8 Å². The summed E-state index contributed by atoms with van der Waals surface area (Å²) in [6.07, 6.45) is 4.71. The van der Waals surface area contributed by atoms with Gasteiger partial charge in [0.2, 0.25) is 0 Å². The summed E-state index contributed by atoms with van der Waals surface area (Å²) in [6, 6.07) is 20.0. The molecule has 0 saturated carbocycles. The largest absolute Gasteiger partial charge is 0.508 e. The third-order valence-electron chi connectivity index (χ3n) is 6.78. The van der Waals surface area contributed by atoms with Crippen LogP contribution in [0, 0.1) is 0 Å². The highest BCUT2D eigenvalue weighted by Crippen LogP contribution is 2.32. The van der Waals surface area contributed by atoms with Gasteiger partial charge in [-0.2, -0.15) is 0 Å². The summed E-state index contributed by atoms with van der Waals surface area (Å²) >= 11 is 0. The molecule has 2 N–H and O–H groups in total. The molecule has 1 fully saturated rings. The molecule has 0 spiro atoms. The van der Waals surface area contributed by atoms with Gasteiger partial charge in [0.25, 0.3) is 0 Å². The summed E-state index contributed by atoms with van der Waals surface area (Å²) < 4.78 is 16.8. The number of aromatic hydroxyl groups is 1. The zero-order chi connectivity index (χ0) is 25.8. The number of hydrogen-bond donors (Lipinski definition) is 2. The maximum atomic E-state index is 13.8. The second-order valence-corrected chi connectivity index (χ2v) is 9.31. The van der Waals surface area contributed by atoms with E-state index in [1.165, 1.54) is 19.1 Å². The van der Waals surface area contributed by atoms with Crippen LogP contribution in [0.5, 0.6) is 17.2 Å². The second-order valence-electron chi connectivity index (χ2n) is 9.31. The Morgan fingerprint density at radius 3 is 2.46 bits per heavy atom. The summed E-state index contributed by atoms with van der Waals surface area (Å²) in [5, 5.41) is 17.4. The van der Waals surface area contributed by atoms with Crippen molar-refractivity contribution >= 4 is 5.78 Å². The van der Waals surface area contributed by atoms with Crippen molar-refractivity contribution in [2.45, 2.75) is 38.3 Å². The Balaban J connectivity index is 1.50. The van der Waals surface area contributed by atoms with Crippen molar-refractivity contribution in [1.82, 2.24) is 10.5 Å². The number of aromatic nitrogens is 1. The number of phenols is 1. The molecular formula is C30H30N2O5. The number of nitrogens with zero attached hydrogens (tertiary/aromatic N) is 1. The Kier molecular flexibility index (Phi) is 7.23. The van der Waals surface area contributed by atoms with Gasteiger partial charge in [-0.15, -0.1) is 0 Å². The van der Waals surface area contributed by atoms with Crippen LogP contribution in [0.1, 0.15) is 42.1 Å². The van der Waals surface area contributed by atoms with Crippen LogP contribution in [0.4, 0.5) is 0 Å². The first kappa shape index (κ1) is 24.6. The Morgan fingerprint density at radius 1 is 1.00 bits per heavy atom. The molecule has 3 aromatic carbocycles. The molecule has 2 unspecified atom stereocenters. The fraction of sp³-hybridized carbons (Fsp3) is 0.267. The quantitative estimate of drug-likeness (QED) is 0.294. The Labute approximate surface area is 216 Å². The smallest absolute Gasteiger partial charge is 0.198 e. The minimum absolute atomic E-state index is 0.0660. The number of phenolic OH excluding ortho intramolecular Hbond substituents is 1. The van der Waals surface area contributed by atoms with Gasteiger partial charge < -0.3 is 24.4 Å². The van der Waals surface area contributed by atoms with Crippen molar-refractivity contribution in [1.29, 1.82) is 0 Å². The van der Waals surface area contributed by atoms with Crippen molar-refractivity contribution in [3.8, 4) is 39.6 Å². The summed E-state index contributed by atoms with van der Waals surface area (Å²) in [5.41, 5.74) is 3.71. The highest BCUT2D eigenvalue weighted by atomic mass is 16.5. The number of benzene rings is 3. The van der Waals surface area contributed by atoms with Crippen molar-refractivity contribution in [2.75, 3.05) is 13.7 Å². The third-order valence-corrected chi connectivity index (χ3v) is 6.78. The molecule has 1 saturated heterocycles. The monoisotopic (exact) mass is 498 g/mol. The van der Waals surface area contributed by atoms with Crippen LogP contribution in [-0.4, -0.2) is 41.8 Å². The number of ketones is 1. The van der Waals surface area contributed by atoms with E-state index in [4.69, 9.17) is 14.0 Å². The van der Waals surface area contributed by atoms with Crippen LogP contribution in [0.3, 0.4) is 0 Å². The first-order chi connectivity index (χ1) is 18.0. The van der Waals surface area contributed by atoms with Crippen LogP contribution in [0.25, 0.3) is 22.4 Å². The van der Waals surface area contributed by atoms with Gasteiger partial charge in [0.15, 0.2) is 5.78 Å². The van der Waals surface area contributed by atoms with Crippen LogP contribution in [-0.2, 0) is 0 Å². The van der Waals surface area contributed by atoms with Gasteiger partial charge in [-0.3, -0.25) is 4.79 Å². The maximum absolute atomic E-state index is 13.8. The van der Waals surface area contributed by atoms with E-state index in [2.05, 4.69) is 17.4 Å². The zero-order valence-electron chi connectivity index (χ0n) is 20.9. The predicted octanol–water partition coefficient (Wildman–Crippen LogP) is 5.86. The molecular weight excluding hydrogens is 468 g/mol. The number of carbonyl (C=O) groups is 1. The number of carbonyl (C=O) groups excluding carboxylic acids is 1. The first-order valence-corrected chi connectivity index (χ1v) is 12.5. The van der Waals surface area contributed by atoms with Crippen molar-refractivity contribution < 1.29 is 23.9 Å². The average Bonchev–Trinajstić information content (AvgIpc) is 3.43. The Morgan fingerprint density at radius 2 is 1.76 bits per heavy atom. The van der Waals surface area contributed by atoms with Crippen LogP contribution < -0.4 is 14.8 Å². The van der Waals surface area contributed by atoms with Crippen molar-refractivity contribution in [2.24, 2.45) is 0 Å². The number of methoxy groups -OCH3 is 1. The second kappa shape index (κ2) is 10.9. The fourth-order valence-corrected chi connectivity index (χ4v) is 4.71. The van der Waals surface area contributed by atoms with Gasteiger partial charge in [0, 0.05) is 17.2 Å². The average molecular weight is 499 g/mol. The first-order valence-electron chi connectivity index (χ1n) is 12.5. The molecule has 2 atom stereocenters. The van der Waals surface area contributed by atoms with Crippen LogP contribution in [0.15, 0.2) is 77.5 Å². The van der Waals surface area contributed by atoms with E-state index >= 15 is 0 Å². The number of nitrogens with one attached hydrogen (secondary N) is 1. The van der Waals surface area contributed by atoms with E-state index in [0.717, 1.165) is 29.7 Å². The van der Waals surface area contributed by atoms with Gasteiger partial charge in [-0.1, -0.05) is 23.7 Å². The van der Waals surface area contributed by atoms with E-state index in [-0.39, 0.29) is 23.7 Å². The van der Waals surface area contributed by atoms with E-state index in [1.54, 1.807) is 25.3 Å². The molecule has 1 aliphatic heterocycles. The lowest BCUT2D eigenvalue weighted by atomic mass is 9.96. The lowest BCUT2D eigenvalue weighted by Crippen LogP contribution is -2.44. The van der Waals surface area contributed by atoms with Gasteiger partial charge in [-0.05, 0) is 92.0 Å². The number of piperidine rings is 1. The number of rotatable bonds is 8. The highest BCUT2D eigenvalue weighted by molar-refractivity contribution is 6.12. The Hall–Kier alpha value is -4.10. The molecule has 5 rings (SSSR count). The molecule has 1 aliphatic rings. The van der Waals surface area contributed by atoms with Crippen LogP contribution in [0.2, 0.25) is 0 Å². The zero-order valence-corrected chi connectivity index (χ0v) is 20.9. The lowest BCUT2D eigenvalue weighted by molar-refractivity contribution is 0.103. The molecule has 37 heavy (non-hydrogen) atoms. The summed E-state index contributed by atoms with van der Waals surface area (Å²) in [5.74, 6) is 1.28. The molecule has 0 amide bonds. The molecule has 0 bridgehead atoms. The predicted molar refractivity (Wildman–Crippen MR) is 141 cm³/mol. The molecule has 1 aromatic heterocycles. The maximum Gasteiger partial charge on any atom is 0.198 e. The van der Waals surface area contributed by atoms with Crippen molar-refractivity contribution in [3.05, 3.63) is 84.1 Å². The molecule has 0 aliphatic carbocycles. The lowest BCUT2D eigenvalue weighted by Gasteiger charge is -2.29. The number of hydrogen-bond acceptors (Lipinski definition) is 7. The molecule has 0 radical (unpaired) electrons. The van der Waals surface area contributed by atoms with Gasteiger partial charge >= 0.3 is 0 Å². The molecule has 190 valence electrons. The summed E-state index contributed by atoms with van der Waals surface area (Å²) in [6.45, 7) is 3.04. The molecule has 4 aromatic rings. The minimum atomic E-state index is -0.221. The van der Waals surface area contributed by atoms with E-state index in [1.807, 2.05) is 48.5 Å². The number of ether oxygens (including phenoxy) is 2. The molecule has 7 heteroatoms. The van der Waals surface area contributed by atoms with Gasteiger partial charge in [-0.25, -0.2) is 0 Å². The summed E-state index contributed by atoms with van der Waals surface area (Å²) in [7, 11) is 1.60. The van der Waals surface area contributed by atoms with Gasteiger partial charge in [0.1, 0.15) is 35.3 Å². The van der Waals surface area contributed by atoms with Crippen LogP contribution >= 0.6 is 0 Å². The van der Waals surface area contributed by atoms with Crippen molar-refractivity contribution in [3.63, 3.8) is 0 Å². The normalized spacial score (nSPS) is 16.2. The molecule has 7 nitrogen and oxygen atoms in total. The standard InChI is InChI=1S/C30H30N2O5/c1-19(28-5-3-4-14-31-28)37-26-16-22(20-6-10-24(33)11-7-20)15-23(17-26)30(34)27-18-36-32-29(27)21-8-12-25(35-2)13-9-21/h6-13,15-19,28,31,33H,3-5,14H2,1-2H3. The fourth-order valence-electron chi connectivity index (χ4n) is 4.71. The van der Waals surface area contributed by atoms with E-state index in [9.17, 15) is 9.90 Å². The summed E-state index contributed by atoms with van der Waals surface area (Å²) in [4.78, 5) is 13.8.